The Balaban J connectivity index is 2.39. The monoisotopic (exact) mass is 302 g/mol. The largest absolute Gasteiger partial charge is 0.223 e. The lowest BCUT2D eigenvalue weighted by Crippen LogP contribution is -2.07. The van der Waals surface area contributed by atoms with E-state index >= 15 is 0 Å². The van der Waals surface area contributed by atoms with Crippen LogP contribution in [0.15, 0.2) is 47.4 Å². The maximum Gasteiger partial charge on any atom is 0.182 e. The van der Waals surface area contributed by atoms with Crippen molar-refractivity contribution in [2.24, 2.45) is 0 Å². The van der Waals surface area contributed by atoms with Crippen LogP contribution in [0, 0.1) is 11.6 Å². The van der Waals surface area contributed by atoms with Gasteiger partial charge in [0, 0.05) is 5.56 Å². The molecule has 0 aliphatic rings. The lowest BCUT2D eigenvalue weighted by molar-refractivity contribution is 0.583. The molecule has 0 heterocycles. The van der Waals surface area contributed by atoms with Crippen LogP contribution in [0.3, 0.4) is 0 Å². The predicted molar refractivity (Wildman–Crippen MR) is 68.7 cm³/mol. The van der Waals surface area contributed by atoms with Gasteiger partial charge in [0.25, 0.3) is 0 Å². The maximum absolute atomic E-state index is 13.7. The highest BCUT2D eigenvalue weighted by Gasteiger charge is 2.19. The third kappa shape index (κ3) is 3.11. The molecule has 2 aromatic rings. The molecule has 0 radical (unpaired) electrons. The van der Waals surface area contributed by atoms with Gasteiger partial charge < -0.3 is 0 Å². The molecule has 0 saturated carbocycles. The minimum Gasteiger partial charge on any atom is -0.223 e. The Morgan fingerprint density at radius 3 is 2.42 bits per heavy atom. The van der Waals surface area contributed by atoms with E-state index < -0.39 is 27.2 Å². The number of sulfone groups is 1. The average molecular weight is 303 g/mol. The fourth-order valence-electron chi connectivity index (χ4n) is 1.61. The molecule has 2 rings (SSSR count). The van der Waals surface area contributed by atoms with Crippen LogP contribution < -0.4 is 0 Å². The Morgan fingerprint density at radius 1 is 1.05 bits per heavy atom. The van der Waals surface area contributed by atoms with Gasteiger partial charge >= 0.3 is 0 Å². The van der Waals surface area contributed by atoms with Crippen LogP contribution in [0.1, 0.15) is 5.56 Å². The standard InChI is InChI=1S/C13H9ClF2O2S/c14-12-6-1-3-9(13(12)16)8-19(17,18)11-5-2-4-10(15)7-11/h1-7H,8H2. The van der Waals surface area contributed by atoms with Gasteiger partial charge in [0.15, 0.2) is 9.84 Å². The van der Waals surface area contributed by atoms with Crippen LogP contribution in [0.4, 0.5) is 8.78 Å². The molecule has 19 heavy (non-hydrogen) atoms. The maximum atomic E-state index is 13.7. The Kier molecular flexibility index (Phi) is 3.87. The van der Waals surface area contributed by atoms with Crippen molar-refractivity contribution in [3.63, 3.8) is 0 Å². The van der Waals surface area contributed by atoms with Gasteiger partial charge in [-0.1, -0.05) is 29.8 Å². The minimum atomic E-state index is -3.81. The topological polar surface area (TPSA) is 34.1 Å². The number of benzene rings is 2. The summed E-state index contributed by atoms with van der Waals surface area (Å²) in [6.45, 7) is 0. The lowest BCUT2D eigenvalue weighted by Gasteiger charge is -2.06. The van der Waals surface area contributed by atoms with Crippen LogP contribution in [0.2, 0.25) is 5.02 Å². The Morgan fingerprint density at radius 2 is 1.74 bits per heavy atom. The van der Waals surface area contributed by atoms with Gasteiger partial charge in [0.05, 0.1) is 15.7 Å². The molecular formula is C13H9ClF2O2S. The zero-order valence-electron chi connectivity index (χ0n) is 9.61. The summed E-state index contributed by atoms with van der Waals surface area (Å²) in [6, 6.07) is 8.71. The smallest absolute Gasteiger partial charge is 0.182 e. The van der Waals surface area contributed by atoms with E-state index in [4.69, 9.17) is 11.6 Å². The fourth-order valence-corrected chi connectivity index (χ4v) is 3.18. The first-order chi connectivity index (χ1) is 8.90. The number of halogens is 3. The second-order valence-electron chi connectivity index (χ2n) is 3.93. The molecule has 0 aromatic heterocycles. The Bertz CT molecular complexity index is 714. The summed E-state index contributed by atoms with van der Waals surface area (Å²) in [6.07, 6.45) is 0. The zero-order chi connectivity index (χ0) is 14.0. The normalized spacial score (nSPS) is 11.5. The van der Waals surface area contributed by atoms with Gasteiger partial charge in [-0.05, 0) is 24.3 Å². The van der Waals surface area contributed by atoms with Crippen molar-refractivity contribution < 1.29 is 17.2 Å². The van der Waals surface area contributed by atoms with E-state index in [2.05, 4.69) is 0 Å². The first-order valence-electron chi connectivity index (χ1n) is 5.31. The van der Waals surface area contributed by atoms with Gasteiger partial charge in [-0.25, -0.2) is 17.2 Å². The van der Waals surface area contributed by atoms with E-state index in [-0.39, 0.29) is 15.5 Å². The summed E-state index contributed by atoms with van der Waals surface area (Å²) >= 11 is 5.58. The predicted octanol–water partition coefficient (Wildman–Crippen LogP) is 3.59. The van der Waals surface area contributed by atoms with Gasteiger partial charge in [0.2, 0.25) is 0 Å². The van der Waals surface area contributed by atoms with E-state index in [1.54, 1.807) is 0 Å². The van der Waals surface area contributed by atoms with Gasteiger partial charge in [-0.15, -0.1) is 0 Å². The molecule has 2 nitrogen and oxygen atoms in total. The molecule has 2 aromatic carbocycles. The van der Waals surface area contributed by atoms with Crippen LogP contribution in [-0.2, 0) is 15.6 Å². The zero-order valence-corrected chi connectivity index (χ0v) is 11.2. The van der Waals surface area contributed by atoms with Crippen molar-refractivity contribution in [1.82, 2.24) is 0 Å². The number of hydrogen-bond acceptors (Lipinski definition) is 2. The molecule has 0 saturated heterocycles. The molecule has 0 spiro atoms. The van der Waals surface area contributed by atoms with E-state index in [0.717, 1.165) is 12.1 Å². The average Bonchev–Trinajstić information content (AvgIpc) is 2.35. The summed E-state index contributed by atoms with van der Waals surface area (Å²) in [5.41, 5.74) is -0.0447. The molecule has 0 bridgehead atoms. The quantitative estimate of drug-likeness (QED) is 0.868. The summed E-state index contributed by atoms with van der Waals surface area (Å²) in [7, 11) is -3.81. The van der Waals surface area contributed by atoms with Gasteiger partial charge in [-0.2, -0.15) is 0 Å². The second kappa shape index (κ2) is 5.27. The van der Waals surface area contributed by atoms with Crippen molar-refractivity contribution in [1.29, 1.82) is 0 Å². The third-order valence-electron chi connectivity index (χ3n) is 2.53. The highest BCUT2D eigenvalue weighted by molar-refractivity contribution is 7.90. The van der Waals surface area contributed by atoms with Gasteiger partial charge in [-0.3, -0.25) is 0 Å². The van der Waals surface area contributed by atoms with E-state index in [0.29, 0.717) is 0 Å². The summed E-state index contributed by atoms with van der Waals surface area (Å²) in [5, 5.41) is -0.146. The van der Waals surface area contributed by atoms with Crippen molar-refractivity contribution >= 4 is 21.4 Å². The first-order valence-corrected chi connectivity index (χ1v) is 7.34. The molecule has 0 fully saturated rings. The van der Waals surface area contributed by atoms with E-state index in [1.165, 1.54) is 30.3 Å². The Labute approximate surface area is 114 Å². The van der Waals surface area contributed by atoms with Crippen LogP contribution in [0.25, 0.3) is 0 Å². The van der Waals surface area contributed by atoms with Crippen LogP contribution >= 0.6 is 11.6 Å². The number of hydrogen-bond donors (Lipinski definition) is 0. The second-order valence-corrected chi connectivity index (χ2v) is 6.33. The van der Waals surface area contributed by atoms with Crippen LogP contribution in [-0.4, -0.2) is 8.42 Å². The highest BCUT2D eigenvalue weighted by atomic mass is 35.5. The molecule has 0 aliphatic heterocycles. The number of rotatable bonds is 3. The molecule has 0 atom stereocenters. The fraction of sp³-hybridized carbons (Fsp3) is 0.0769. The molecule has 0 amide bonds. The van der Waals surface area contributed by atoms with Crippen molar-refractivity contribution in [3.8, 4) is 0 Å². The third-order valence-corrected chi connectivity index (χ3v) is 4.49. The molecule has 6 heteroatoms. The highest BCUT2D eigenvalue weighted by Crippen LogP contribution is 2.23. The summed E-state index contributed by atoms with van der Waals surface area (Å²) in [4.78, 5) is -0.188. The SMILES string of the molecule is O=S(=O)(Cc1cccc(Cl)c1F)c1cccc(F)c1. The van der Waals surface area contributed by atoms with Crippen molar-refractivity contribution in [3.05, 3.63) is 64.7 Å². The summed E-state index contributed by atoms with van der Waals surface area (Å²) < 4.78 is 50.8. The van der Waals surface area contributed by atoms with E-state index in [1.807, 2.05) is 0 Å². The summed E-state index contributed by atoms with van der Waals surface area (Å²) in [5.74, 6) is -2.00. The minimum absolute atomic E-state index is 0.0447. The molecule has 100 valence electrons. The Hall–Kier alpha value is -1.46. The van der Waals surface area contributed by atoms with Gasteiger partial charge in [0.1, 0.15) is 11.6 Å². The molecule has 0 N–H and O–H groups in total. The van der Waals surface area contributed by atoms with Crippen molar-refractivity contribution in [2.75, 3.05) is 0 Å². The first kappa shape index (κ1) is 14.0. The molecule has 0 unspecified atom stereocenters. The molecule has 0 aliphatic carbocycles. The van der Waals surface area contributed by atoms with Crippen LogP contribution in [0.5, 0.6) is 0 Å². The van der Waals surface area contributed by atoms with Crippen molar-refractivity contribution in [2.45, 2.75) is 10.6 Å². The lowest BCUT2D eigenvalue weighted by atomic mass is 10.2. The van der Waals surface area contributed by atoms with E-state index in [9.17, 15) is 17.2 Å². The molecular weight excluding hydrogens is 294 g/mol.